The third kappa shape index (κ3) is 7.12. The lowest BCUT2D eigenvalue weighted by atomic mass is 9.95. The summed E-state index contributed by atoms with van der Waals surface area (Å²) in [6.07, 6.45) is 6.62. The van der Waals surface area contributed by atoms with Crippen LogP contribution in [0.4, 0.5) is 11.4 Å². The molecular formula is C26H27ClN6O4. The number of rotatable bonds is 7. The van der Waals surface area contributed by atoms with E-state index < -0.39 is 5.97 Å². The summed E-state index contributed by atoms with van der Waals surface area (Å²) in [7, 11) is 3.02. The van der Waals surface area contributed by atoms with Gasteiger partial charge in [-0.1, -0.05) is 24.4 Å². The van der Waals surface area contributed by atoms with Crippen LogP contribution in [-0.4, -0.2) is 42.7 Å². The number of carboxylic acids is 1. The molecule has 0 aromatic heterocycles. The summed E-state index contributed by atoms with van der Waals surface area (Å²) in [5.74, 6) is 0.483. The Morgan fingerprint density at radius 2 is 1.76 bits per heavy atom. The number of nitrogens with one attached hydrogen (secondary N) is 1. The highest BCUT2D eigenvalue weighted by molar-refractivity contribution is 6.65. The molecular weight excluding hydrogens is 496 g/mol. The van der Waals surface area contributed by atoms with Crippen molar-refractivity contribution in [2.75, 3.05) is 24.7 Å². The van der Waals surface area contributed by atoms with E-state index in [2.05, 4.69) is 21.7 Å². The Kier molecular flexibility index (Phi) is 9.70. The van der Waals surface area contributed by atoms with E-state index in [1.807, 2.05) is 23.2 Å². The second-order valence-electron chi connectivity index (χ2n) is 8.37. The van der Waals surface area contributed by atoms with Gasteiger partial charge in [0.25, 0.3) is 0 Å². The van der Waals surface area contributed by atoms with Crippen LogP contribution >= 0.6 is 11.6 Å². The molecule has 4 rings (SSSR count). The quantitative estimate of drug-likeness (QED) is 0.384. The van der Waals surface area contributed by atoms with Crippen LogP contribution in [0.1, 0.15) is 43.2 Å². The van der Waals surface area contributed by atoms with Gasteiger partial charge in [-0.25, -0.2) is 4.79 Å². The average molecular weight is 523 g/mol. The Hall–Kier alpha value is -4.28. The van der Waals surface area contributed by atoms with Crippen molar-refractivity contribution in [3.05, 3.63) is 47.5 Å². The van der Waals surface area contributed by atoms with Crippen LogP contribution in [0.2, 0.25) is 0 Å². The van der Waals surface area contributed by atoms with Crippen LogP contribution in [0, 0.1) is 28.6 Å². The molecule has 2 N–H and O–H groups in total. The van der Waals surface area contributed by atoms with Gasteiger partial charge in [-0.2, -0.15) is 20.7 Å². The van der Waals surface area contributed by atoms with Crippen LogP contribution in [0.25, 0.3) is 0 Å². The number of halogens is 1. The standard InChI is InChI=1S/C16H18ClN3O.C10H9N3O3/c1-21-15-8-13(7-6-12(15)10-18)20-14(9-16(17)19-20)11-4-2-3-5-11;1-16-9-4-8(3-2-7(9)5-11)13-12-6-10(14)15/h6-8,11,14H,2-5,9H2,1H3;2-4,6,13H,1H3,(H,14,15). The topological polar surface area (TPSA) is 143 Å². The fourth-order valence-electron chi connectivity index (χ4n) is 4.38. The fourth-order valence-corrected chi connectivity index (χ4v) is 4.62. The molecule has 2 aromatic carbocycles. The van der Waals surface area contributed by atoms with E-state index in [0.717, 1.165) is 18.3 Å². The van der Waals surface area contributed by atoms with Gasteiger partial charge in [0.2, 0.25) is 0 Å². The number of anilines is 2. The van der Waals surface area contributed by atoms with E-state index in [0.29, 0.717) is 45.4 Å². The average Bonchev–Trinajstić information content (AvgIpc) is 3.58. The van der Waals surface area contributed by atoms with Crippen LogP contribution in [0.5, 0.6) is 11.5 Å². The first-order chi connectivity index (χ1) is 17.9. The van der Waals surface area contributed by atoms with Crippen molar-refractivity contribution >= 4 is 40.3 Å². The van der Waals surface area contributed by atoms with Crippen molar-refractivity contribution in [3.63, 3.8) is 0 Å². The molecule has 0 amide bonds. The molecule has 192 valence electrons. The molecule has 1 heterocycles. The summed E-state index contributed by atoms with van der Waals surface area (Å²) in [5, 5.41) is 36.8. The summed E-state index contributed by atoms with van der Waals surface area (Å²) < 4.78 is 10.3. The number of carboxylic acid groups (broad SMARTS) is 1. The van der Waals surface area contributed by atoms with Crippen LogP contribution in [0.3, 0.4) is 0 Å². The number of aliphatic carboxylic acids is 1. The number of carbonyl (C=O) groups is 1. The van der Waals surface area contributed by atoms with Gasteiger partial charge in [0.1, 0.15) is 35.0 Å². The lowest BCUT2D eigenvalue weighted by Crippen LogP contribution is -2.32. The van der Waals surface area contributed by atoms with Crippen LogP contribution in [0.15, 0.2) is 46.6 Å². The highest BCUT2D eigenvalue weighted by Gasteiger charge is 2.35. The van der Waals surface area contributed by atoms with E-state index in [-0.39, 0.29) is 0 Å². The Morgan fingerprint density at radius 1 is 1.14 bits per heavy atom. The van der Waals surface area contributed by atoms with E-state index in [1.165, 1.54) is 32.8 Å². The zero-order valence-corrected chi connectivity index (χ0v) is 21.3. The molecule has 0 saturated heterocycles. The number of ether oxygens (including phenoxy) is 2. The largest absolute Gasteiger partial charge is 0.495 e. The van der Waals surface area contributed by atoms with Gasteiger partial charge >= 0.3 is 5.97 Å². The van der Waals surface area contributed by atoms with Crippen molar-refractivity contribution in [1.82, 2.24) is 0 Å². The highest BCUT2D eigenvalue weighted by atomic mass is 35.5. The molecule has 1 aliphatic heterocycles. The van der Waals surface area contributed by atoms with E-state index in [4.69, 9.17) is 36.7 Å². The number of nitrogens with zero attached hydrogens (tertiary/aromatic N) is 5. The summed E-state index contributed by atoms with van der Waals surface area (Å²) in [6, 6.07) is 14.7. The first-order valence-corrected chi connectivity index (χ1v) is 12.0. The van der Waals surface area contributed by atoms with Gasteiger partial charge in [-0.15, -0.1) is 0 Å². The minimum Gasteiger partial charge on any atom is -0.495 e. The molecule has 0 radical (unpaired) electrons. The molecule has 1 aliphatic carbocycles. The van der Waals surface area contributed by atoms with Gasteiger partial charge in [0.05, 0.1) is 42.8 Å². The first-order valence-electron chi connectivity index (χ1n) is 11.6. The zero-order chi connectivity index (χ0) is 26.8. The number of benzene rings is 2. The maximum atomic E-state index is 10.2. The summed E-state index contributed by atoms with van der Waals surface area (Å²) in [5.41, 5.74) is 4.91. The second kappa shape index (κ2) is 13.1. The van der Waals surface area contributed by atoms with Gasteiger partial charge in [0.15, 0.2) is 0 Å². The first kappa shape index (κ1) is 27.3. The molecule has 11 heteroatoms. The molecule has 1 fully saturated rings. The van der Waals surface area contributed by atoms with Gasteiger partial charge in [-0.3, -0.25) is 10.4 Å². The van der Waals surface area contributed by atoms with Crippen molar-refractivity contribution in [2.24, 2.45) is 16.1 Å². The molecule has 1 saturated carbocycles. The predicted octanol–water partition coefficient (Wildman–Crippen LogP) is 4.94. The molecule has 0 bridgehead atoms. The Bertz CT molecular complexity index is 1260. The molecule has 2 aliphatic rings. The van der Waals surface area contributed by atoms with Crippen LogP contribution in [-0.2, 0) is 4.79 Å². The summed E-state index contributed by atoms with van der Waals surface area (Å²) >= 11 is 6.19. The molecule has 1 atom stereocenters. The van der Waals surface area contributed by atoms with Gasteiger partial charge < -0.3 is 14.6 Å². The molecule has 1 unspecified atom stereocenters. The van der Waals surface area contributed by atoms with E-state index in [1.54, 1.807) is 31.4 Å². The highest BCUT2D eigenvalue weighted by Crippen LogP contribution is 2.38. The van der Waals surface area contributed by atoms with Gasteiger partial charge in [0, 0.05) is 18.6 Å². The van der Waals surface area contributed by atoms with E-state index >= 15 is 0 Å². The van der Waals surface area contributed by atoms with Crippen molar-refractivity contribution < 1.29 is 19.4 Å². The smallest absolute Gasteiger partial charge is 0.348 e. The maximum absolute atomic E-state index is 10.2. The Morgan fingerprint density at radius 3 is 2.35 bits per heavy atom. The Balaban J connectivity index is 0.000000214. The monoisotopic (exact) mass is 522 g/mol. The van der Waals surface area contributed by atoms with Crippen LogP contribution < -0.4 is 19.9 Å². The van der Waals surface area contributed by atoms with Crippen molar-refractivity contribution in [2.45, 2.75) is 38.1 Å². The maximum Gasteiger partial charge on any atom is 0.348 e. The Labute approximate surface area is 220 Å². The molecule has 10 nitrogen and oxygen atoms in total. The SMILES string of the molecule is COc1cc(N2N=C(Cl)CC2C2CCCC2)ccc1C#N.COc1cc(NN=CC(=O)O)ccc1C#N. The lowest BCUT2D eigenvalue weighted by molar-refractivity contribution is -0.128. The molecule has 0 spiro atoms. The minimum absolute atomic E-state index is 0.331. The third-order valence-corrected chi connectivity index (χ3v) is 6.34. The molecule has 2 aromatic rings. The number of hydrogen-bond acceptors (Lipinski definition) is 9. The number of nitriles is 2. The molecule has 37 heavy (non-hydrogen) atoms. The van der Waals surface area contributed by atoms with Gasteiger partial charge in [-0.05, 0) is 43.0 Å². The van der Waals surface area contributed by atoms with Crippen molar-refractivity contribution in [3.8, 4) is 23.6 Å². The second-order valence-corrected chi connectivity index (χ2v) is 8.80. The predicted molar refractivity (Wildman–Crippen MR) is 141 cm³/mol. The minimum atomic E-state index is -1.15. The summed E-state index contributed by atoms with van der Waals surface area (Å²) in [6.45, 7) is 0. The third-order valence-electron chi connectivity index (χ3n) is 6.11. The van der Waals surface area contributed by atoms with Crippen molar-refractivity contribution in [1.29, 1.82) is 10.5 Å². The number of methoxy groups -OCH3 is 2. The number of hydrogen-bond donors (Lipinski definition) is 2. The lowest BCUT2D eigenvalue weighted by Gasteiger charge is -2.28. The summed E-state index contributed by atoms with van der Waals surface area (Å²) in [4.78, 5) is 10.2. The normalized spacial score (nSPS) is 16.8. The zero-order valence-electron chi connectivity index (χ0n) is 20.5. The van der Waals surface area contributed by atoms with E-state index in [9.17, 15) is 4.79 Å². The fraction of sp³-hybridized carbons (Fsp3) is 0.346. The number of hydrazone groups is 2.